The highest BCUT2D eigenvalue weighted by atomic mass is 31.2. The Morgan fingerprint density at radius 1 is 1.40 bits per heavy atom. The minimum absolute atomic E-state index is 0.520. The summed E-state index contributed by atoms with van der Waals surface area (Å²) in [7, 11) is -1.81. The minimum atomic E-state index is -1.81. The highest BCUT2D eigenvalue weighted by Gasteiger charge is 2.25. The highest BCUT2D eigenvalue weighted by Crippen LogP contribution is 2.52. The van der Waals surface area contributed by atoms with Crippen molar-refractivity contribution in [2.75, 3.05) is 19.3 Å². The Morgan fingerprint density at radius 2 is 2.20 bits per heavy atom. The van der Waals surface area contributed by atoms with E-state index in [4.69, 9.17) is 9.79 Å². The lowest BCUT2D eigenvalue weighted by Gasteiger charge is -2.18. The number of hydrogen-bond donors (Lipinski definition) is 0. The standard InChI is InChI=1S/C11H13N2OP/c12-7-4-10-15(13-8-9-14-15)11-5-2-1-3-6-11/h1-3,5-6H,4,8-10H2. The molecule has 0 N–H and O–H groups in total. The first-order chi connectivity index (χ1) is 7.37. The van der Waals surface area contributed by atoms with Crippen molar-refractivity contribution in [1.82, 2.24) is 0 Å². The second-order valence-corrected chi connectivity index (χ2v) is 6.27. The average Bonchev–Trinajstić information content (AvgIpc) is 2.78. The van der Waals surface area contributed by atoms with Gasteiger partial charge in [0, 0.05) is 17.9 Å². The molecule has 1 aliphatic heterocycles. The molecule has 0 fully saturated rings. The van der Waals surface area contributed by atoms with E-state index in [1.54, 1.807) is 0 Å². The first-order valence-electron chi connectivity index (χ1n) is 5.02. The third-order valence-electron chi connectivity index (χ3n) is 2.41. The average molecular weight is 220 g/mol. The Kier molecular flexibility index (Phi) is 3.20. The van der Waals surface area contributed by atoms with Gasteiger partial charge in [0.25, 0.3) is 0 Å². The molecule has 0 amide bonds. The Morgan fingerprint density at radius 3 is 2.80 bits per heavy atom. The van der Waals surface area contributed by atoms with Crippen molar-refractivity contribution in [2.45, 2.75) is 6.42 Å². The fraction of sp³-hybridized carbons (Fsp3) is 0.364. The van der Waals surface area contributed by atoms with E-state index >= 15 is 0 Å². The van der Waals surface area contributed by atoms with E-state index in [9.17, 15) is 0 Å². The van der Waals surface area contributed by atoms with Gasteiger partial charge in [0.2, 0.25) is 0 Å². The smallest absolute Gasteiger partial charge is 0.114 e. The first-order valence-corrected chi connectivity index (χ1v) is 6.86. The van der Waals surface area contributed by atoms with Crippen LogP contribution in [0.1, 0.15) is 6.42 Å². The summed E-state index contributed by atoms with van der Waals surface area (Å²) < 4.78 is 10.4. The van der Waals surface area contributed by atoms with Gasteiger partial charge in [-0.1, -0.05) is 30.3 Å². The molecule has 2 rings (SSSR count). The predicted molar refractivity (Wildman–Crippen MR) is 61.3 cm³/mol. The van der Waals surface area contributed by atoms with Crippen molar-refractivity contribution in [3.05, 3.63) is 30.3 Å². The maximum atomic E-state index is 8.66. The monoisotopic (exact) mass is 220 g/mol. The van der Waals surface area contributed by atoms with Gasteiger partial charge in [-0.25, -0.2) is 0 Å². The molecule has 15 heavy (non-hydrogen) atoms. The molecule has 4 heteroatoms. The molecule has 0 radical (unpaired) electrons. The molecule has 0 aliphatic carbocycles. The lowest BCUT2D eigenvalue weighted by molar-refractivity contribution is 0.388. The van der Waals surface area contributed by atoms with E-state index in [1.165, 1.54) is 0 Å². The summed E-state index contributed by atoms with van der Waals surface area (Å²) in [5.41, 5.74) is 0. The topological polar surface area (TPSA) is 45.4 Å². The molecule has 1 unspecified atom stereocenters. The van der Waals surface area contributed by atoms with E-state index in [0.29, 0.717) is 13.0 Å². The zero-order valence-electron chi connectivity index (χ0n) is 8.47. The van der Waals surface area contributed by atoms with Crippen LogP contribution >= 0.6 is 7.28 Å². The largest absolute Gasteiger partial charge is 0.338 e. The van der Waals surface area contributed by atoms with E-state index in [1.807, 2.05) is 18.2 Å². The second kappa shape index (κ2) is 4.61. The molecule has 0 saturated heterocycles. The Bertz CT molecular complexity index is 422. The van der Waals surface area contributed by atoms with Crippen LogP contribution in [-0.2, 0) is 4.52 Å². The van der Waals surface area contributed by atoms with Crippen molar-refractivity contribution in [3.63, 3.8) is 0 Å². The molecule has 1 aromatic rings. The quantitative estimate of drug-likeness (QED) is 0.734. The van der Waals surface area contributed by atoms with E-state index < -0.39 is 7.28 Å². The predicted octanol–water partition coefficient (Wildman–Crippen LogP) is 2.37. The van der Waals surface area contributed by atoms with Gasteiger partial charge in [-0.3, -0.25) is 4.74 Å². The SMILES string of the molecule is N#CCCP1(c2ccccc2)=NCCO1. The van der Waals surface area contributed by atoms with Crippen molar-refractivity contribution >= 4 is 12.6 Å². The summed E-state index contributed by atoms with van der Waals surface area (Å²) in [6, 6.07) is 12.3. The molecule has 0 bridgehead atoms. The summed E-state index contributed by atoms with van der Waals surface area (Å²) >= 11 is 0. The van der Waals surface area contributed by atoms with Gasteiger partial charge in [-0.2, -0.15) is 5.26 Å². The van der Waals surface area contributed by atoms with Gasteiger partial charge in [0.05, 0.1) is 19.2 Å². The fourth-order valence-corrected chi connectivity index (χ4v) is 4.47. The Hall–Kier alpha value is -1.10. The number of rotatable bonds is 3. The molecular weight excluding hydrogens is 207 g/mol. The van der Waals surface area contributed by atoms with Crippen LogP contribution in [0.3, 0.4) is 0 Å². The van der Waals surface area contributed by atoms with Crippen LogP contribution in [0.4, 0.5) is 0 Å². The highest BCUT2D eigenvalue weighted by molar-refractivity contribution is 7.69. The van der Waals surface area contributed by atoms with Crippen LogP contribution in [-0.4, -0.2) is 19.3 Å². The maximum absolute atomic E-state index is 8.66. The molecule has 78 valence electrons. The lowest BCUT2D eigenvalue weighted by Crippen LogP contribution is -2.07. The molecular formula is C11H13N2OP. The van der Waals surface area contributed by atoms with E-state index in [-0.39, 0.29) is 0 Å². The zero-order chi connectivity index (χ0) is 10.6. The third-order valence-corrected chi connectivity index (χ3v) is 5.61. The Labute approximate surface area is 89.8 Å². The van der Waals surface area contributed by atoms with Crippen molar-refractivity contribution in [1.29, 1.82) is 5.26 Å². The Balaban J connectivity index is 2.33. The lowest BCUT2D eigenvalue weighted by atomic mass is 10.4. The van der Waals surface area contributed by atoms with Crippen LogP contribution in [0.2, 0.25) is 0 Å². The number of nitrogens with zero attached hydrogens (tertiary/aromatic N) is 2. The molecule has 3 nitrogen and oxygen atoms in total. The molecule has 0 spiro atoms. The molecule has 1 aromatic carbocycles. The molecule has 1 heterocycles. The van der Waals surface area contributed by atoms with E-state index in [0.717, 1.165) is 18.0 Å². The normalized spacial score (nSPS) is 24.5. The van der Waals surface area contributed by atoms with E-state index in [2.05, 4.69) is 22.9 Å². The fourth-order valence-electron chi connectivity index (χ4n) is 1.72. The first kappa shape index (κ1) is 10.4. The molecule has 1 atom stereocenters. The van der Waals surface area contributed by atoms with Crippen molar-refractivity contribution < 1.29 is 4.52 Å². The van der Waals surface area contributed by atoms with Crippen molar-refractivity contribution in [3.8, 4) is 6.07 Å². The van der Waals surface area contributed by atoms with Gasteiger partial charge in [-0.15, -0.1) is 0 Å². The van der Waals surface area contributed by atoms with Crippen LogP contribution in [0.25, 0.3) is 0 Å². The van der Waals surface area contributed by atoms with Crippen molar-refractivity contribution in [2.24, 2.45) is 4.74 Å². The van der Waals surface area contributed by atoms with Gasteiger partial charge >= 0.3 is 0 Å². The summed E-state index contributed by atoms with van der Waals surface area (Å²) in [5.74, 6) is 0. The number of nitriles is 1. The second-order valence-electron chi connectivity index (χ2n) is 3.37. The molecule has 1 aliphatic rings. The summed E-state index contributed by atoms with van der Waals surface area (Å²) in [6.45, 7) is 1.47. The maximum Gasteiger partial charge on any atom is 0.114 e. The van der Waals surface area contributed by atoms with Crippen LogP contribution in [0.5, 0.6) is 0 Å². The van der Waals surface area contributed by atoms with Crippen LogP contribution in [0, 0.1) is 11.3 Å². The van der Waals surface area contributed by atoms with Crippen LogP contribution < -0.4 is 5.30 Å². The zero-order valence-corrected chi connectivity index (χ0v) is 9.36. The molecule has 0 aromatic heterocycles. The number of benzene rings is 1. The van der Waals surface area contributed by atoms with Gasteiger partial charge in [0.1, 0.15) is 7.28 Å². The minimum Gasteiger partial charge on any atom is -0.338 e. The third kappa shape index (κ3) is 2.12. The van der Waals surface area contributed by atoms with Gasteiger partial charge < -0.3 is 4.52 Å². The number of hydrogen-bond acceptors (Lipinski definition) is 3. The van der Waals surface area contributed by atoms with Gasteiger partial charge in [-0.05, 0) is 0 Å². The van der Waals surface area contributed by atoms with Gasteiger partial charge in [0.15, 0.2) is 0 Å². The summed E-state index contributed by atoms with van der Waals surface area (Å²) in [5, 5.41) is 9.82. The summed E-state index contributed by atoms with van der Waals surface area (Å²) in [6.07, 6.45) is 1.28. The summed E-state index contributed by atoms with van der Waals surface area (Å²) in [4.78, 5) is 0. The van der Waals surface area contributed by atoms with Crippen LogP contribution in [0.15, 0.2) is 35.1 Å². The molecule has 0 saturated carbocycles.